The van der Waals surface area contributed by atoms with Gasteiger partial charge in [-0.25, -0.2) is 4.79 Å². The molecule has 0 aliphatic heterocycles. The Bertz CT molecular complexity index is 572. The zero-order valence-corrected chi connectivity index (χ0v) is 15.5. The number of nitrogens with one attached hydrogen (secondary N) is 1. The molecule has 0 radical (unpaired) electrons. The molecule has 1 N–H and O–H groups in total. The molecule has 25 heavy (non-hydrogen) atoms. The maximum Gasteiger partial charge on any atom is 0.329 e. The summed E-state index contributed by atoms with van der Waals surface area (Å²) in [5, 5.41) is 2.70. The van der Waals surface area contributed by atoms with Crippen LogP contribution in [0.25, 0.3) is 0 Å². The summed E-state index contributed by atoms with van der Waals surface area (Å²) < 4.78 is 5.40. The van der Waals surface area contributed by atoms with E-state index in [0.29, 0.717) is 6.54 Å². The average Bonchev–Trinajstić information content (AvgIpc) is 2.56. The highest BCUT2D eigenvalue weighted by Gasteiger charge is 2.31. The third-order valence-corrected chi connectivity index (χ3v) is 3.77. The highest BCUT2D eigenvalue weighted by molar-refractivity contribution is 5.84. The summed E-state index contributed by atoms with van der Waals surface area (Å²) in [7, 11) is 0. The minimum Gasteiger partial charge on any atom is -0.459 e. The van der Waals surface area contributed by atoms with Gasteiger partial charge in [-0.1, -0.05) is 30.3 Å². The van der Waals surface area contributed by atoms with Crippen LogP contribution in [-0.4, -0.2) is 41.3 Å². The van der Waals surface area contributed by atoms with E-state index < -0.39 is 12.0 Å². The summed E-state index contributed by atoms with van der Waals surface area (Å²) in [4.78, 5) is 37.8. The molecule has 1 aromatic rings. The zero-order chi connectivity index (χ0) is 18.8. The van der Waals surface area contributed by atoms with Crippen LogP contribution in [0.15, 0.2) is 30.3 Å². The lowest BCUT2D eigenvalue weighted by Crippen LogP contribution is -2.49. The molecule has 1 unspecified atom stereocenters. The van der Waals surface area contributed by atoms with Crippen molar-refractivity contribution >= 4 is 17.8 Å². The monoisotopic (exact) mass is 348 g/mol. The van der Waals surface area contributed by atoms with E-state index in [2.05, 4.69) is 5.32 Å². The number of esters is 1. The molecule has 0 spiro atoms. The van der Waals surface area contributed by atoms with Gasteiger partial charge in [0.1, 0.15) is 12.6 Å². The second-order valence-electron chi connectivity index (χ2n) is 6.12. The van der Waals surface area contributed by atoms with Crippen LogP contribution in [0, 0.1) is 0 Å². The quantitative estimate of drug-likeness (QED) is 0.695. The van der Waals surface area contributed by atoms with Gasteiger partial charge in [-0.2, -0.15) is 0 Å². The second kappa shape index (κ2) is 10.5. The van der Waals surface area contributed by atoms with Crippen molar-refractivity contribution in [1.29, 1.82) is 0 Å². The second-order valence-corrected chi connectivity index (χ2v) is 6.12. The molecule has 0 aliphatic rings. The molecule has 0 saturated heterocycles. The predicted molar refractivity (Wildman–Crippen MR) is 95.6 cm³/mol. The summed E-state index contributed by atoms with van der Waals surface area (Å²) in [5.41, 5.74) is 0.872. The number of amides is 2. The highest BCUT2D eigenvalue weighted by Crippen LogP contribution is 2.15. The molecule has 1 aromatic carbocycles. The van der Waals surface area contributed by atoms with Crippen LogP contribution in [0.2, 0.25) is 0 Å². The lowest BCUT2D eigenvalue weighted by Gasteiger charge is -2.32. The minimum atomic E-state index is -0.774. The molecular formula is C19H28N2O4. The van der Waals surface area contributed by atoms with Crippen molar-refractivity contribution in [3.8, 4) is 0 Å². The van der Waals surface area contributed by atoms with Crippen molar-refractivity contribution < 1.29 is 19.1 Å². The van der Waals surface area contributed by atoms with Crippen molar-refractivity contribution in [3.63, 3.8) is 0 Å². The number of ether oxygens (including phenoxy) is 1. The molecule has 0 fully saturated rings. The van der Waals surface area contributed by atoms with Gasteiger partial charge in [0, 0.05) is 25.9 Å². The van der Waals surface area contributed by atoms with Crippen LogP contribution in [0.5, 0.6) is 0 Å². The Kier molecular flexibility index (Phi) is 8.67. The molecule has 1 rings (SSSR count). The van der Waals surface area contributed by atoms with Gasteiger partial charge >= 0.3 is 5.97 Å². The minimum absolute atomic E-state index is 0.140. The van der Waals surface area contributed by atoms with Crippen molar-refractivity contribution in [1.82, 2.24) is 10.2 Å². The molecular weight excluding hydrogens is 320 g/mol. The van der Waals surface area contributed by atoms with Crippen LogP contribution in [-0.2, 0) is 25.7 Å². The highest BCUT2D eigenvalue weighted by atomic mass is 16.5. The summed E-state index contributed by atoms with van der Waals surface area (Å²) in [6, 6.07) is 8.41. The number of nitrogens with zero attached hydrogens (tertiary/aromatic N) is 1. The van der Waals surface area contributed by atoms with Gasteiger partial charge in [0.25, 0.3) is 0 Å². The van der Waals surface area contributed by atoms with Crippen molar-refractivity contribution in [3.05, 3.63) is 35.9 Å². The Balaban J connectivity index is 2.82. The largest absolute Gasteiger partial charge is 0.459 e. The molecule has 0 bridgehead atoms. The first kappa shape index (κ1) is 20.7. The van der Waals surface area contributed by atoms with Gasteiger partial charge in [-0.05, 0) is 32.8 Å². The van der Waals surface area contributed by atoms with E-state index in [0.717, 1.165) is 5.56 Å². The Labute approximate surface area is 149 Å². The van der Waals surface area contributed by atoms with Crippen LogP contribution < -0.4 is 5.32 Å². The molecule has 2 amide bonds. The van der Waals surface area contributed by atoms with E-state index >= 15 is 0 Å². The fourth-order valence-electron chi connectivity index (χ4n) is 2.69. The molecule has 0 aromatic heterocycles. The fourth-order valence-corrected chi connectivity index (χ4v) is 2.69. The number of hydrogen-bond donors (Lipinski definition) is 1. The Morgan fingerprint density at radius 2 is 1.80 bits per heavy atom. The van der Waals surface area contributed by atoms with E-state index in [4.69, 9.17) is 4.74 Å². The van der Waals surface area contributed by atoms with Gasteiger partial charge < -0.3 is 15.0 Å². The molecule has 6 heteroatoms. The zero-order valence-electron chi connectivity index (χ0n) is 15.5. The van der Waals surface area contributed by atoms with Gasteiger partial charge in [0.15, 0.2) is 0 Å². The number of hydrogen-bond acceptors (Lipinski definition) is 4. The number of rotatable bonds is 9. The first-order valence-electron chi connectivity index (χ1n) is 8.63. The maximum absolute atomic E-state index is 12.6. The average molecular weight is 348 g/mol. The van der Waals surface area contributed by atoms with Crippen molar-refractivity contribution in [2.24, 2.45) is 0 Å². The third kappa shape index (κ3) is 6.95. The molecule has 0 saturated carbocycles. The van der Waals surface area contributed by atoms with E-state index in [1.807, 2.05) is 51.1 Å². The molecule has 0 heterocycles. The SMILES string of the molecule is CCNC(=O)CCC(C(=O)OCc1ccccc1)N(C(C)=O)C(C)C. The first-order valence-corrected chi connectivity index (χ1v) is 8.63. The van der Waals surface area contributed by atoms with Gasteiger partial charge in [-0.15, -0.1) is 0 Å². The Morgan fingerprint density at radius 3 is 2.32 bits per heavy atom. The standard InChI is InChI=1S/C19H28N2O4/c1-5-20-18(23)12-11-17(21(14(2)3)15(4)22)19(24)25-13-16-9-7-6-8-10-16/h6-10,14,17H,5,11-13H2,1-4H3,(H,20,23). The predicted octanol–water partition coefficient (Wildman–Crippen LogP) is 2.27. The van der Waals surface area contributed by atoms with E-state index in [1.165, 1.54) is 11.8 Å². The summed E-state index contributed by atoms with van der Waals surface area (Å²) in [5.74, 6) is -0.847. The van der Waals surface area contributed by atoms with Gasteiger partial charge in [0.05, 0.1) is 0 Å². The van der Waals surface area contributed by atoms with Crippen LogP contribution in [0.4, 0.5) is 0 Å². The van der Waals surface area contributed by atoms with Crippen molar-refractivity contribution in [2.75, 3.05) is 6.54 Å². The maximum atomic E-state index is 12.6. The molecule has 6 nitrogen and oxygen atoms in total. The van der Waals surface area contributed by atoms with Crippen LogP contribution >= 0.6 is 0 Å². The van der Waals surface area contributed by atoms with E-state index in [9.17, 15) is 14.4 Å². The topological polar surface area (TPSA) is 75.7 Å². The lowest BCUT2D eigenvalue weighted by molar-refractivity contribution is -0.157. The van der Waals surface area contributed by atoms with Crippen LogP contribution in [0.1, 0.15) is 46.1 Å². The Morgan fingerprint density at radius 1 is 1.16 bits per heavy atom. The normalized spacial score (nSPS) is 11.7. The number of carbonyl (C=O) groups is 3. The number of benzene rings is 1. The summed E-state index contributed by atoms with van der Waals surface area (Å²) in [6.45, 7) is 7.60. The molecule has 0 aliphatic carbocycles. The summed E-state index contributed by atoms with van der Waals surface area (Å²) in [6.07, 6.45) is 0.395. The molecule has 138 valence electrons. The van der Waals surface area contributed by atoms with Gasteiger partial charge in [0.2, 0.25) is 11.8 Å². The van der Waals surface area contributed by atoms with Crippen LogP contribution in [0.3, 0.4) is 0 Å². The Hall–Kier alpha value is -2.37. The smallest absolute Gasteiger partial charge is 0.329 e. The van der Waals surface area contributed by atoms with E-state index in [-0.39, 0.29) is 37.3 Å². The summed E-state index contributed by atoms with van der Waals surface area (Å²) >= 11 is 0. The lowest BCUT2D eigenvalue weighted by atomic mass is 10.1. The van der Waals surface area contributed by atoms with E-state index in [1.54, 1.807) is 0 Å². The first-order chi connectivity index (χ1) is 11.9. The third-order valence-electron chi connectivity index (χ3n) is 3.77. The van der Waals surface area contributed by atoms with Gasteiger partial charge in [-0.3, -0.25) is 9.59 Å². The van der Waals surface area contributed by atoms with Crippen molar-refractivity contribution in [2.45, 2.75) is 59.2 Å². The fraction of sp³-hybridized carbons (Fsp3) is 0.526. The number of carbonyl (C=O) groups excluding carboxylic acids is 3. The molecule has 1 atom stereocenters.